The van der Waals surface area contributed by atoms with Crippen molar-refractivity contribution in [2.75, 3.05) is 11.9 Å². The van der Waals surface area contributed by atoms with Crippen LogP contribution in [0.4, 0.5) is 5.69 Å². The van der Waals surface area contributed by atoms with Crippen LogP contribution in [0.1, 0.15) is 41.2 Å². The molecule has 0 spiro atoms. The third-order valence-corrected chi connectivity index (χ3v) is 4.42. The van der Waals surface area contributed by atoms with Gasteiger partial charge in [0.1, 0.15) is 0 Å². The van der Waals surface area contributed by atoms with Crippen molar-refractivity contribution in [3.8, 4) is 0 Å². The van der Waals surface area contributed by atoms with E-state index in [1.54, 1.807) is 4.90 Å². The van der Waals surface area contributed by atoms with Crippen LogP contribution in [-0.2, 0) is 9.59 Å². The summed E-state index contributed by atoms with van der Waals surface area (Å²) in [6, 6.07) is 11.0. The minimum atomic E-state index is -0.753. The third-order valence-electron chi connectivity index (χ3n) is 4.42. The zero-order valence-corrected chi connectivity index (χ0v) is 14.2. The van der Waals surface area contributed by atoms with E-state index >= 15 is 0 Å². The molecule has 7 heteroatoms. The fraction of sp³-hybridized carbons (Fsp3) is 0.263. The number of benzene rings is 1. The normalized spacial score (nSPS) is 16.8. The Labute approximate surface area is 151 Å². The number of rotatable bonds is 3. The lowest BCUT2D eigenvalue weighted by Gasteiger charge is -2.35. The number of piperidine rings is 1. The topological polar surface area (TPSA) is 105 Å². The van der Waals surface area contributed by atoms with Crippen LogP contribution in [0.15, 0.2) is 48.8 Å². The van der Waals surface area contributed by atoms with Crippen molar-refractivity contribution in [2.45, 2.75) is 25.3 Å². The van der Waals surface area contributed by atoms with E-state index in [1.807, 2.05) is 30.3 Å². The highest BCUT2D eigenvalue weighted by atomic mass is 16.2. The molecule has 3 amide bonds. The maximum absolute atomic E-state index is 12.7. The molecule has 1 atom stereocenters. The average Bonchev–Trinajstić information content (AvgIpc) is 2.68. The Morgan fingerprint density at radius 3 is 2.62 bits per heavy atom. The monoisotopic (exact) mass is 352 g/mol. The molecular formula is C19H20N4O3. The number of likely N-dealkylation sites (tertiary alicyclic amines) is 1. The third kappa shape index (κ3) is 3.88. The maximum atomic E-state index is 12.7. The van der Waals surface area contributed by atoms with Crippen LogP contribution in [-0.4, -0.2) is 34.2 Å². The highest BCUT2D eigenvalue weighted by molar-refractivity contribution is 6.39. The molecule has 1 saturated heterocycles. The first-order valence-corrected chi connectivity index (χ1v) is 8.48. The van der Waals surface area contributed by atoms with Gasteiger partial charge in [0.25, 0.3) is 0 Å². The van der Waals surface area contributed by atoms with Crippen LogP contribution in [0.3, 0.4) is 0 Å². The van der Waals surface area contributed by atoms with Gasteiger partial charge in [-0.15, -0.1) is 0 Å². The van der Waals surface area contributed by atoms with Gasteiger partial charge in [-0.05, 0) is 30.9 Å². The van der Waals surface area contributed by atoms with Crippen LogP contribution in [0.5, 0.6) is 0 Å². The number of hydrogen-bond donors (Lipinski definition) is 2. The Hall–Kier alpha value is -3.22. The van der Waals surface area contributed by atoms with Crippen molar-refractivity contribution in [2.24, 2.45) is 5.73 Å². The zero-order chi connectivity index (χ0) is 18.5. The van der Waals surface area contributed by atoms with Crippen molar-refractivity contribution in [3.63, 3.8) is 0 Å². The minimum absolute atomic E-state index is 0.113. The molecule has 3 N–H and O–H groups in total. The van der Waals surface area contributed by atoms with Crippen LogP contribution in [0, 0.1) is 0 Å². The number of anilines is 1. The van der Waals surface area contributed by atoms with Gasteiger partial charge >= 0.3 is 11.8 Å². The second kappa shape index (κ2) is 7.77. The van der Waals surface area contributed by atoms with Crippen molar-refractivity contribution in [1.29, 1.82) is 0 Å². The van der Waals surface area contributed by atoms with Crippen LogP contribution >= 0.6 is 0 Å². The summed E-state index contributed by atoms with van der Waals surface area (Å²) in [5.74, 6) is -2.00. The summed E-state index contributed by atoms with van der Waals surface area (Å²) in [7, 11) is 0. The van der Waals surface area contributed by atoms with Gasteiger partial charge in [-0.3, -0.25) is 19.4 Å². The molecule has 2 aromatic rings. The molecule has 1 aliphatic rings. The Kier molecular flexibility index (Phi) is 5.26. The van der Waals surface area contributed by atoms with Crippen LogP contribution in [0.25, 0.3) is 0 Å². The Morgan fingerprint density at radius 2 is 1.88 bits per heavy atom. The summed E-state index contributed by atoms with van der Waals surface area (Å²) >= 11 is 0. The van der Waals surface area contributed by atoms with Crippen molar-refractivity contribution in [1.82, 2.24) is 9.88 Å². The Balaban J connectivity index is 1.75. The SMILES string of the molecule is NC(=O)c1cncc(NC(=O)C(=O)N2CCCC[C@@H]2c2ccccc2)c1. The number of nitrogens with two attached hydrogens (primary N) is 1. The van der Waals surface area contributed by atoms with E-state index in [-0.39, 0.29) is 17.3 Å². The predicted octanol–water partition coefficient (Wildman–Crippen LogP) is 1.87. The number of nitrogens with one attached hydrogen (secondary N) is 1. The highest BCUT2D eigenvalue weighted by Crippen LogP contribution is 2.30. The first kappa shape index (κ1) is 17.6. The summed E-state index contributed by atoms with van der Waals surface area (Å²) in [6.45, 7) is 0.533. The minimum Gasteiger partial charge on any atom is -0.366 e. The Bertz CT molecular complexity index is 823. The number of carbonyl (C=O) groups excluding carboxylic acids is 3. The van der Waals surface area contributed by atoms with Crippen LogP contribution in [0.2, 0.25) is 0 Å². The molecule has 7 nitrogen and oxygen atoms in total. The second-order valence-electron chi connectivity index (χ2n) is 6.20. The van der Waals surface area contributed by atoms with E-state index in [0.717, 1.165) is 24.8 Å². The maximum Gasteiger partial charge on any atom is 0.313 e. The van der Waals surface area contributed by atoms with Gasteiger partial charge in [-0.25, -0.2) is 0 Å². The molecule has 0 saturated carbocycles. The summed E-state index contributed by atoms with van der Waals surface area (Å²) in [5.41, 5.74) is 6.64. The molecule has 134 valence electrons. The molecule has 0 aliphatic carbocycles. The molecule has 0 unspecified atom stereocenters. The van der Waals surface area contributed by atoms with Gasteiger partial charge < -0.3 is 16.0 Å². The van der Waals surface area contributed by atoms with Gasteiger partial charge in [-0.2, -0.15) is 0 Å². The fourth-order valence-electron chi connectivity index (χ4n) is 3.15. The molecular weight excluding hydrogens is 332 g/mol. The smallest absolute Gasteiger partial charge is 0.313 e. The summed E-state index contributed by atoms with van der Waals surface area (Å²) in [5, 5.41) is 2.51. The van der Waals surface area contributed by atoms with E-state index < -0.39 is 17.7 Å². The number of primary amides is 1. The van der Waals surface area contributed by atoms with Crippen molar-refractivity contribution < 1.29 is 14.4 Å². The first-order chi connectivity index (χ1) is 12.6. The average molecular weight is 352 g/mol. The number of aromatic nitrogens is 1. The second-order valence-corrected chi connectivity index (χ2v) is 6.20. The number of nitrogens with zero attached hydrogens (tertiary/aromatic N) is 2. The lowest BCUT2D eigenvalue weighted by molar-refractivity contribution is -0.145. The highest BCUT2D eigenvalue weighted by Gasteiger charge is 2.31. The predicted molar refractivity (Wildman–Crippen MR) is 96.1 cm³/mol. The number of amides is 3. The summed E-state index contributed by atoms with van der Waals surface area (Å²) < 4.78 is 0. The van der Waals surface area contributed by atoms with Gasteiger partial charge in [0.15, 0.2) is 0 Å². The molecule has 0 radical (unpaired) electrons. The van der Waals surface area contributed by atoms with E-state index in [1.165, 1.54) is 18.5 Å². The molecule has 1 aromatic carbocycles. The van der Waals surface area contributed by atoms with E-state index in [0.29, 0.717) is 6.54 Å². The van der Waals surface area contributed by atoms with E-state index in [2.05, 4.69) is 10.3 Å². The zero-order valence-electron chi connectivity index (χ0n) is 14.2. The number of hydrogen-bond acceptors (Lipinski definition) is 4. The van der Waals surface area contributed by atoms with E-state index in [4.69, 9.17) is 5.73 Å². The largest absolute Gasteiger partial charge is 0.366 e. The molecule has 0 bridgehead atoms. The quantitative estimate of drug-likeness (QED) is 0.823. The lowest BCUT2D eigenvalue weighted by atomic mass is 9.95. The van der Waals surface area contributed by atoms with Crippen LogP contribution < -0.4 is 11.1 Å². The summed E-state index contributed by atoms with van der Waals surface area (Å²) in [4.78, 5) is 41.8. The molecule has 2 heterocycles. The van der Waals surface area contributed by atoms with Crippen molar-refractivity contribution >= 4 is 23.4 Å². The number of pyridine rings is 1. The van der Waals surface area contributed by atoms with E-state index in [9.17, 15) is 14.4 Å². The van der Waals surface area contributed by atoms with Crippen molar-refractivity contribution in [3.05, 3.63) is 59.9 Å². The molecule has 1 fully saturated rings. The standard InChI is InChI=1S/C19H20N4O3/c20-17(24)14-10-15(12-21-11-14)22-18(25)19(26)23-9-5-4-8-16(23)13-6-2-1-3-7-13/h1-3,6-7,10-12,16H,4-5,8-9H2,(H2,20,24)(H,22,25)/t16-/m1/s1. The molecule has 1 aliphatic heterocycles. The fourth-order valence-corrected chi connectivity index (χ4v) is 3.15. The molecule has 26 heavy (non-hydrogen) atoms. The van der Waals surface area contributed by atoms with Gasteiger partial charge in [-0.1, -0.05) is 30.3 Å². The summed E-state index contributed by atoms with van der Waals surface area (Å²) in [6.07, 6.45) is 5.36. The first-order valence-electron chi connectivity index (χ1n) is 8.48. The molecule has 1 aromatic heterocycles. The van der Waals surface area contributed by atoms with Gasteiger partial charge in [0.05, 0.1) is 23.5 Å². The van der Waals surface area contributed by atoms with Gasteiger partial charge in [0.2, 0.25) is 5.91 Å². The Morgan fingerprint density at radius 1 is 1.12 bits per heavy atom. The lowest BCUT2D eigenvalue weighted by Crippen LogP contribution is -2.44. The van der Waals surface area contributed by atoms with Gasteiger partial charge in [0, 0.05) is 12.7 Å². The number of carbonyl (C=O) groups is 3. The molecule has 3 rings (SSSR count).